The van der Waals surface area contributed by atoms with Crippen LogP contribution in [0.2, 0.25) is 0 Å². The predicted octanol–water partition coefficient (Wildman–Crippen LogP) is 2.56. The Morgan fingerprint density at radius 2 is 1.59 bits per heavy atom. The molecule has 0 aliphatic rings. The molecule has 0 fully saturated rings. The van der Waals surface area contributed by atoms with Crippen molar-refractivity contribution in [1.29, 1.82) is 0 Å². The zero-order valence-electron chi connectivity index (χ0n) is 16.8. The van der Waals surface area contributed by atoms with Crippen LogP contribution in [0.1, 0.15) is 12.0 Å². The zero-order chi connectivity index (χ0) is 20.0. The van der Waals surface area contributed by atoms with Crippen molar-refractivity contribution in [1.82, 2.24) is 16.0 Å². The summed E-state index contributed by atoms with van der Waals surface area (Å²) in [5, 5.41) is 9.17. The summed E-state index contributed by atoms with van der Waals surface area (Å²) in [7, 11) is 3.32. The molecular formula is C21H29IN4O3. The Morgan fingerprint density at radius 1 is 0.931 bits per heavy atom. The summed E-state index contributed by atoms with van der Waals surface area (Å²) in [5.41, 5.74) is 1.08. The highest BCUT2D eigenvalue weighted by atomic mass is 127. The molecule has 0 aromatic heterocycles. The summed E-state index contributed by atoms with van der Waals surface area (Å²) >= 11 is 0. The minimum atomic E-state index is -0.00496. The minimum absolute atomic E-state index is 0. The fourth-order valence-electron chi connectivity index (χ4n) is 2.41. The highest BCUT2D eigenvalue weighted by molar-refractivity contribution is 14.0. The van der Waals surface area contributed by atoms with E-state index in [1.54, 1.807) is 14.2 Å². The molecule has 0 saturated heterocycles. The maximum absolute atomic E-state index is 11.9. The zero-order valence-corrected chi connectivity index (χ0v) is 19.1. The first kappa shape index (κ1) is 24.5. The van der Waals surface area contributed by atoms with E-state index in [2.05, 4.69) is 20.9 Å². The molecule has 0 heterocycles. The number of carbonyl (C=O) groups is 1. The van der Waals surface area contributed by atoms with Gasteiger partial charge in [0, 0.05) is 26.6 Å². The van der Waals surface area contributed by atoms with Crippen LogP contribution in [-0.2, 0) is 11.3 Å². The Bertz CT molecular complexity index is 739. The number of rotatable bonds is 10. The lowest BCUT2D eigenvalue weighted by atomic mass is 10.2. The molecule has 0 bridgehead atoms. The summed E-state index contributed by atoms with van der Waals surface area (Å²) in [6.45, 7) is 2.12. The number of nitrogens with zero attached hydrogens (tertiary/aromatic N) is 1. The lowest BCUT2D eigenvalue weighted by molar-refractivity contribution is -0.121. The van der Waals surface area contributed by atoms with E-state index in [4.69, 9.17) is 9.47 Å². The first-order chi connectivity index (χ1) is 13.7. The molecule has 2 aromatic rings. The molecule has 29 heavy (non-hydrogen) atoms. The molecule has 0 aliphatic carbocycles. The molecular weight excluding hydrogens is 483 g/mol. The van der Waals surface area contributed by atoms with E-state index in [0.29, 0.717) is 38.6 Å². The number of hydrogen-bond donors (Lipinski definition) is 3. The lowest BCUT2D eigenvalue weighted by Crippen LogP contribution is -2.40. The van der Waals surface area contributed by atoms with Crippen molar-refractivity contribution in [3.8, 4) is 11.5 Å². The van der Waals surface area contributed by atoms with Crippen LogP contribution in [0.4, 0.5) is 0 Å². The maximum Gasteiger partial charge on any atom is 0.222 e. The highest BCUT2D eigenvalue weighted by Crippen LogP contribution is 2.16. The molecule has 3 N–H and O–H groups in total. The van der Waals surface area contributed by atoms with Crippen molar-refractivity contribution in [2.24, 2.45) is 4.99 Å². The van der Waals surface area contributed by atoms with E-state index in [0.717, 1.165) is 17.1 Å². The summed E-state index contributed by atoms with van der Waals surface area (Å²) < 4.78 is 10.8. The van der Waals surface area contributed by atoms with Gasteiger partial charge in [-0.25, -0.2) is 0 Å². The normalized spacial score (nSPS) is 10.5. The Balaban J connectivity index is 0.00000420. The number of ether oxygens (including phenoxy) is 2. The number of carbonyl (C=O) groups excluding carboxylic acids is 1. The second-order valence-electron chi connectivity index (χ2n) is 5.96. The van der Waals surface area contributed by atoms with Gasteiger partial charge in [0.05, 0.1) is 13.7 Å². The van der Waals surface area contributed by atoms with Crippen LogP contribution in [0, 0.1) is 0 Å². The van der Waals surface area contributed by atoms with Crippen molar-refractivity contribution in [3.63, 3.8) is 0 Å². The van der Waals surface area contributed by atoms with Crippen molar-refractivity contribution in [3.05, 3.63) is 60.2 Å². The molecule has 7 nitrogen and oxygen atoms in total. The molecule has 8 heteroatoms. The minimum Gasteiger partial charge on any atom is -0.497 e. The fraction of sp³-hybridized carbons (Fsp3) is 0.333. The van der Waals surface area contributed by atoms with Gasteiger partial charge in [0.1, 0.15) is 18.1 Å². The van der Waals surface area contributed by atoms with Gasteiger partial charge in [-0.2, -0.15) is 0 Å². The van der Waals surface area contributed by atoms with E-state index in [9.17, 15) is 4.79 Å². The fourth-order valence-corrected chi connectivity index (χ4v) is 2.41. The number of aliphatic imine (C=N–C) groups is 1. The van der Waals surface area contributed by atoms with Crippen LogP contribution in [0.15, 0.2) is 59.6 Å². The van der Waals surface area contributed by atoms with Crippen molar-refractivity contribution < 1.29 is 14.3 Å². The number of nitrogens with one attached hydrogen (secondary N) is 3. The summed E-state index contributed by atoms with van der Waals surface area (Å²) in [6.07, 6.45) is 0.371. The Hall–Kier alpha value is -2.49. The van der Waals surface area contributed by atoms with Gasteiger partial charge in [0.25, 0.3) is 0 Å². The summed E-state index contributed by atoms with van der Waals surface area (Å²) in [6, 6.07) is 17.3. The van der Waals surface area contributed by atoms with Gasteiger partial charge in [-0.1, -0.05) is 30.3 Å². The van der Waals surface area contributed by atoms with Crippen molar-refractivity contribution in [2.45, 2.75) is 13.0 Å². The Morgan fingerprint density at radius 3 is 2.24 bits per heavy atom. The molecule has 1 amide bonds. The molecule has 0 atom stereocenters. The highest BCUT2D eigenvalue weighted by Gasteiger charge is 2.03. The molecule has 2 rings (SSSR count). The summed E-state index contributed by atoms with van der Waals surface area (Å²) in [4.78, 5) is 16.0. The molecule has 0 unspecified atom stereocenters. The van der Waals surface area contributed by atoms with Crippen LogP contribution < -0.4 is 25.4 Å². The first-order valence-corrected chi connectivity index (χ1v) is 9.23. The number of halogens is 1. The van der Waals surface area contributed by atoms with Gasteiger partial charge >= 0.3 is 0 Å². The number of hydrogen-bond acceptors (Lipinski definition) is 4. The van der Waals surface area contributed by atoms with Crippen LogP contribution in [0.5, 0.6) is 11.5 Å². The van der Waals surface area contributed by atoms with Crippen molar-refractivity contribution >= 4 is 35.8 Å². The van der Waals surface area contributed by atoms with Crippen LogP contribution >= 0.6 is 24.0 Å². The van der Waals surface area contributed by atoms with Crippen LogP contribution in [0.3, 0.4) is 0 Å². The van der Waals surface area contributed by atoms with E-state index >= 15 is 0 Å². The molecule has 0 saturated carbocycles. The number of amides is 1. The summed E-state index contributed by atoms with van der Waals surface area (Å²) in [5.74, 6) is 2.20. The van der Waals surface area contributed by atoms with Gasteiger partial charge < -0.3 is 25.4 Å². The monoisotopic (exact) mass is 512 g/mol. The maximum atomic E-state index is 11.9. The number of methoxy groups -OCH3 is 1. The van der Waals surface area contributed by atoms with E-state index in [1.807, 2.05) is 54.6 Å². The van der Waals surface area contributed by atoms with Gasteiger partial charge in [0.15, 0.2) is 5.96 Å². The third kappa shape index (κ3) is 10.0. The molecule has 158 valence electrons. The number of benzene rings is 2. The average molecular weight is 512 g/mol. The van der Waals surface area contributed by atoms with E-state index < -0.39 is 0 Å². The van der Waals surface area contributed by atoms with E-state index in [1.165, 1.54) is 0 Å². The van der Waals surface area contributed by atoms with E-state index in [-0.39, 0.29) is 29.9 Å². The third-order valence-electron chi connectivity index (χ3n) is 3.92. The largest absolute Gasteiger partial charge is 0.497 e. The third-order valence-corrected chi connectivity index (χ3v) is 3.92. The van der Waals surface area contributed by atoms with Crippen LogP contribution in [-0.4, -0.2) is 45.7 Å². The topological polar surface area (TPSA) is 84.0 Å². The smallest absolute Gasteiger partial charge is 0.222 e. The SMILES string of the molecule is CN=C(NCCOc1ccc(OC)cc1)NCCC(=O)NCc1ccccc1.I. The quantitative estimate of drug-likeness (QED) is 0.197. The molecule has 2 aromatic carbocycles. The first-order valence-electron chi connectivity index (χ1n) is 9.23. The molecule has 0 spiro atoms. The Kier molecular flexibility index (Phi) is 12.3. The standard InChI is InChI=1S/C21H28N4O3.HI/c1-22-21(24-14-15-28-19-10-8-18(27-2)9-11-19)23-13-12-20(26)25-16-17-6-4-3-5-7-17;/h3-11H,12-16H2,1-2H3,(H,25,26)(H2,22,23,24);1H. The second kappa shape index (κ2) is 14.5. The number of guanidine groups is 1. The molecule has 0 radical (unpaired) electrons. The average Bonchev–Trinajstić information content (AvgIpc) is 2.75. The lowest BCUT2D eigenvalue weighted by Gasteiger charge is -2.13. The Labute approximate surface area is 189 Å². The van der Waals surface area contributed by atoms with Gasteiger partial charge in [0.2, 0.25) is 5.91 Å². The predicted molar refractivity (Wildman–Crippen MR) is 126 cm³/mol. The van der Waals surface area contributed by atoms with Gasteiger partial charge in [-0.3, -0.25) is 9.79 Å². The van der Waals surface area contributed by atoms with Gasteiger partial charge in [-0.05, 0) is 29.8 Å². The van der Waals surface area contributed by atoms with Gasteiger partial charge in [-0.15, -0.1) is 24.0 Å². The van der Waals surface area contributed by atoms with Crippen LogP contribution in [0.25, 0.3) is 0 Å². The van der Waals surface area contributed by atoms with Crippen molar-refractivity contribution in [2.75, 3.05) is 33.9 Å². The second-order valence-corrected chi connectivity index (χ2v) is 5.96. The molecule has 0 aliphatic heterocycles.